The summed E-state index contributed by atoms with van der Waals surface area (Å²) in [7, 11) is -3.09. The van der Waals surface area contributed by atoms with Crippen LogP contribution in [0.3, 0.4) is 0 Å². The van der Waals surface area contributed by atoms with Gasteiger partial charge in [-0.15, -0.1) is 0 Å². The molecule has 18 heavy (non-hydrogen) atoms. The standard InChI is InChI=1S/C11H13FN2O3S/c1-18(16,17)10-6-14(7-10)11(15)13-9-4-2-3-8(12)5-9/h2-5,10H,6-7H2,1H3,(H,13,15). The predicted octanol–water partition coefficient (Wildman–Crippen LogP) is 1.09. The van der Waals surface area contributed by atoms with Gasteiger partial charge in [0.05, 0.1) is 5.25 Å². The van der Waals surface area contributed by atoms with Crippen molar-refractivity contribution in [2.24, 2.45) is 0 Å². The number of benzene rings is 1. The average molecular weight is 272 g/mol. The summed E-state index contributed by atoms with van der Waals surface area (Å²) in [4.78, 5) is 13.0. The van der Waals surface area contributed by atoms with Gasteiger partial charge in [-0.25, -0.2) is 17.6 Å². The number of urea groups is 1. The molecule has 2 amide bonds. The lowest BCUT2D eigenvalue weighted by Gasteiger charge is -2.37. The average Bonchev–Trinajstić information content (AvgIpc) is 2.11. The molecule has 2 rings (SSSR count). The molecule has 0 radical (unpaired) electrons. The Hall–Kier alpha value is -1.63. The summed E-state index contributed by atoms with van der Waals surface area (Å²) in [5.41, 5.74) is 0.350. The van der Waals surface area contributed by atoms with Gasteiger partial charge in [0, 0.05) is 25.0 Å². The molecule has 1 aromatic carbocycles. The summed E-state index contributed by atoms with van der Waals surface area (Å²) in [6.07, 6.45) is 1.15. The lowest BCUT2D eigenvalue weighted by molar-refractivity contribution is 0.183. The van der Waals surface area contributed by atoms with E-state index in [0.717, 1.165) is 6.26 Å². The van der Waals surface area contributed by atoms with Crippen LogP contribution in [0.2, 0.25) is 0 Å². The smallest absolute Gasteiger partial charge is 0.321 e. The second-order valence-corrected chi connectivity index (χ2v) is 6.62. The molecule has 0 bridgehead atoms. The number of amides is 2. The number of anilines is 1. The van der Waals surface area contributed by atoms with Crippen LogP contribution in [0.1, 0.15) is 0 Å². The van der Waals surface area contributed by atoms with Gasteiger partial charge in [-0.05, 0) is 18.2 Å². The van der Waals surface area contributed by atoms with Gasteiger partial charge in [0.25, 0.3) is 0 Å². The molecule has 0 saturated carbocycles. The van der Waals surface area contributed by atoms with Crippen LogP contribution in [0.5, 0.6) is 0 Å². The normalized spacial score (nSPS) is 16.2. The van der Waals surface area contributed by atoms with Gasteiger partial charge >= 0.3 is 6.03 Å². The molecule has 98 valence electrons. The third kappa shape index (κ3) is 2.79. The Morgan fingerprint density at radius 2 is 2.11 bits per heavy atom. The zero-order valence-corrected chi connectivity index (χ0v) is 10.6. The highest BCUT2D eigenvalue weighted by atomic mass is 32.2. The summed E-state index contributed by atoms with van der Waals surface area (Å²) < 4.78 is 35.2. The van der Waals surface area contributed by atoms with E-state index >= 15 is 0 Å². The Morgan fingerprint density at radius 3 is 2.67 bits per heavy atom. The van der Waals surface area contributed by atoms with E-state index in [9.17, 15) is 17.6 Å². The zero-order valence-electron chi connectivity index (χ0n) is 9.76. The van der Waals surface area contributed by atoms with Gasteiger partial charge in [-0.1, -0.05) is 6.07 Å². The number of hydrogen-bond donors (Lipinski definition) is 1. The lowest BCUT2D eigenvalue weighted by Crippen LogP contribution is -2.57. The number of nitrogens with one attached hydrogen (secondary N) is 1. The molecule has 1 aromatic rings. The molecule has 1 N–H and O–H groups in total. The lowest BCUT2D eigenvalue weighted by atomic mass is 10.2. The van der Waals surface area contributed by atoms with Crippen LogP contribution in [0.15, 0.2) is 24.3 Å². The molecular formula is C11H13FN2O3S. The minimum Gasteiger partial charge on any atom is -0.322 e. The van der Waals surface area contributed by atoms with Crippen LogP contribution in [0, 0.1) is 5.82 Å². The van der Waals surface area contributed by atoms with E-state index in [-0.39, 0.29) is 13.1 Å². The minimum absolute atomic E-state index is 0.181. The fraction of sp³-hybridized carbons (Fsp3) is 0.364. The Bertz CT molecular complexity index is 567. The number of sulfone groups is 1. The fourth-order valence-electron chi connectivity index (χ4n) is 1.64. The summed E-state index contributed by atoms with van der Waals surface area (Å²) >= 11 is 0. The van der Waals surface area contributed by atoms with Crippen molar-refractivity contribution in [3.63, 3.8) is 0 Å². The minimum atomic E-state index is -3.09. The number of hydrogen-bond acceptors (Lipinski definition) is 3. The first-order chi connectivity index (χ1) is 8.36. The van der Waals surface area contributed by atoms with E-state index in [1.54, 1.807) is 6.07 Å². The first kappa shape index (κ1) is 12.8. The van der Waals surface area contributed by atoms with Gasteiger partial charge in [0.15, 0.2) is 9.84 Å². The molecule has 1 aliphatic rings. The third-order valence-corrected chi connectivity index (χ3v) is 4.33. The van der Waals surface area contributed by atoms with E-state index in [1.165, 1.54) is 23.1 Å². The van der Waals surface area contributed by atoms with Crippen molar-refractivity contribution < 1.29 is 17.6 Å². The maximum absolute atomic E-state index is 12.9. The van der Waals surface area contributed by atoms with Crippen LogP contribution < -0.4 is 5.32 Å². The van der Waals surface area contributed by atoms with E-state index in [4.69, 9.17) is 0 Å². The molecule has 5 nitrogen and oxygen atoms in total. The van der Waals surface area contributed by atoms with E-state index in [2.05, 4.69) is 5.32 Å². The molecule has 0 unspecified atom stereocenters. The molecule has 1 aliphatic heterocycles. The first-order valence-corrected chi connectivity index (χ1v) is 7.32. The number of carbonyl (C=O) groups is 1. The molecule has 0 aliphatic carbocycles. The van der Waals surface area contributed by atoms with E-state index < -0.39 is 26.9 Å². The van der Waals surface area contributed by atoms with Gasteiger partial charge < -0.3 is 10.2 Å². The van der Waals surface area contributed by atoms with Crippen LogP contribution in [0.4, 0.5) is 14.9 Å². The van der Waals surface area contributed by atoms with Gasteiger partial charge in [-0.2, -0.15) is 0 Å². The number of likely N-dealkylation sites (tertiary alicyclic amines) is 1. The van der Waals surface area contributed by atoms with E-state index in [1.807, 2.05) is 0 Å². The highest BCUT2D eigenvalue weighted by Crippen LogP contribution is 2.17. The maximum Gasteiger partial charge on any atom is 0.321 e. The quantitative estimate of drug-likeness (QED) is 0.876. The summed E-state index contributed by atoms with van der Waals surface area (Å²) in [6.45, 7) is 0.361. The monoisotopic (exact) mass is 272 g/mol. The zero-order chi connectivity index (χ0) is 13.3. The van der Waals surface area contributed by atoms with Gasteiger partial charge in [0.1, 0.15) is 5.82 Å². The summed E-state index contributed by atoms with van der Waals surface area (Å²) in [6, 6.07) is 5.11. The Labute approximate surface area is 105 Å². The Kier molecular flexibility index (Phi) is 3.25. The van der Waals surface area contributed by atoms with Gasteiger partial charge in [0.2, 0.25) is 0 Å². The summed E-state index contributed by atoms with van der Waals surface area (Å²) in [5, 5.41) is 2.02. The second-order valence-electron chi connectivity index (χ2n) is 4.30. The van der Waals surface area contributed by atoms with Crippen molar-refractivity contribution in [2.45, 2.75) is 5.25 Å². The summed E-state index contributed by atoms with van der Waals surface area (Å²) in [5.74, 6) is -0.439. The number of halogens is 1. The topological polar surface area (TPSA) is 66.5 Å². The van der Waals surface area contributed by atoms with Crippen LogP contribution in [-0.2, 0) is 9.84 Å². The molecule has 0 atom stereocenters. The van der Waals surface area contributed by atoms with Crippen LogP contribution in [-0.4, -0.2) is 43.9 Å². The molecule has 0 aromatic heterocycles. The maximum atomic E-state index is 12.9. The highest BCUT2D eigenvalue weighted by molar-refractivity contribution is 7.91. The second kappa shape index (κ2) is 4.56. The SMILES string of the molecule is CS(=O)(=O)C1CN(C(=O)Nc2cccc(F)c2)C1. The van der Waals surface area contributed by atoms with Crippen molar-refractivity contribution in [2.75, 3.05) is 24.7 Å². The van der Waals surface area contributed by atoms with Crippen molar-refractivity contribution in [1.82, 2.24) is 4.90 Å². The van der Waals surface area contributed by atoms with Crippen molar-refractivity contribution in [1.29, 1.82) is 0 Å². The number of nitrogens with zero attached hydrogens (tertiary/aromatic N) is 1. The molecule has 1 fully saturated rings. The largest absolute Gasteiger partial charge is 0.322 e. The Balaban J connectivity index is 1.92. The van der Waals surface area contributed by atoms with Crippen molar-refractivity contribution >= 4 is 21.6 Å². The Morgan fingerprint density at radius 1 is 1.44 bits per heavy atom. The van der Waals surface area contributed by atoms with Crippen molar-refractivity contribution in [3.8, 4) is 0 Å². The van der Waals surface area contributed by atoms with Gasteiger partial charge in [-0.3, -0.25) is 0 Å². The van der Waals surface area contributed by atoms with Crippen molar-refractivity contribution in [3.05, 3.63) is 30.1 Å². The molecule has 1 heterocycles. The number of rotatable bonds is 2. The third-order valence-electron chi connectivity index (χ3n) is 2.82. The molecule has 0 spiro atoms. The van der Waals surface area contributed by atoms with E-state index in [0.29, 0.717) is 5.69 Å². The predicted molar refractivity (Wildman–Crippen MR) is 65.6 cm³/mol. The molecular weight excluding hydrogens is 259 g/mol. The molecule has 1 saturated heterocycles. The molecule has 7 heteroatoms. The first-order valence-electron chi connectivity index (χ1n) is 5.36. The highest BCUT2D eigenvalue weighted by Gasteiger charge is 2.37. The van der Waals surface area contributed by atoms with Crippen LogP contribution in [0.25, 0.3) is 0 Å². The van der Waals surface area contributed by atoms with Crippen LogP contribution >= 0.6 is 0 Å². The number of carbonyl (C=O) groups excluding carboxylic acids is 1. The fourth-order valence-corrected chi connectivity index (χ4v) is 2.54.